The minimum Gasteiger partial charge on any atom is -0.497 e. The van der Waals surface area contributed by atoms with Crippen LogP contribution in [0.5, 0.6) is 5.75 Å². The molecule has 2 fully saturated rings. The third kappa shape index (κ3) is 5.03. The molecule has 0 unspecified atom stereocenters. The van der Waals surface area contributed by atoms with Gasteiger partial charge in [0.25, 0.3) is 0 Å². The first-order valence-electron chi connectivity index (χ1n) is 11.7. The topological polar surface area (TPSA) is 48.9 Å². The number of benzene rings is 2. The van der Waals surface area contributed by atoms with Crippen molar-refractivity contribution in [3.05, 3.63) is 48.0 Å². The number of aromatic nitrogens is 1. The number of piperidine rings is 1. The van der Waals surface area contributed by atoms with Crippen LogP contribution in [0, 0.1) is 5.92 Å². The van der Waals surface area contributed by atoms with Crippen molar-refractivity contribution in [2.75, 3.05) is 56.2 Å². The van der Waals surface area contributed by atoms with Gasteiger partial charge in [-0.05, 0) is 49.2 Å². The highest BCUT2D eigenvalue weighted by Gasteiger charge is 2.33. The Hall–Kier alpha value is -3.01. The van der Waals surface area contributed by atoms with Crippen molar-refractivity contribution in [2.45, 2.75) is 19.0 Å². The lowest BCUT2D eigenvalue weighted by Crippen LogP contribution is -2.51. The van der Waals surface area contributed by atoms with Crippen LogP contribution in [0.1, 0.15) is 18.4 Å². The van der Waals surface area contributed by atoms with Crippen molar-refractivity contribution >= 4 is 38.3 Å². The Morgan fingerprint density at radius 3 is 2.43 bits per heavy atom. The number of methoxy groups -OCH3 is 1. The Morgan fingerprint density at radius 1 is 1.00 bits per heavy atom. The first-order valence-corrected chi connectivity index (χ1v) is 12.5. The molecule has 35 heavy (non-hydrogen) atoms. The van der Waals surface area contributed by atoms with E-state index >= 15 is 0 Å². The highest BCUT2D eigenvalue weighted by Crippen LogP contribution is 2.34. The summed E-state index contributed by atoms with van der Waals surface area (Å²) in [4.78, 5) is 23.9. The van der Waals surface area contributed by atoms with Gasteiger partial charge in [0.1, 0.15) is 5.75 Å². The zero-order valence-corrected chi connectivity index (χ0v) is 20.2. The lowest BCUT2D eigenvalue weighted by molar-refractivity contribution is -0.137. The zero-order valence-electron chi connectivity index (χ0n) is 19.4. The summed E-state index contributed by atoms with van der Waals surface area (Å²) in [6.45, 7) is 3.65. The van der Waals surface area contributed by atoms with Crippen molar-refractivity contribution in [3.63, 3.8) is 0 Å². The molecule has 10 heteroatoms. The van der Waals surface area contributed by atoms with E-state index in [4.69, 9.17) is 9.72 Å². The van der Waals surface area contributed by atoms with Gasteiger partial charge < -0.3 is 19.4 Å². The first kappa shape index (κ1) is 23.7. The number of carbonyl (C=O) groups is 1. The van der Waals surface area contributed by atoms with Gasteiger partial charge in [-0.2, -0.15) is 13.2 Å². The number of nitrogens with zero attached hydrogens (tertiary/aromatic N) is 4. The van der Waals surface area contributed by atoms with Gasteiger partial charge in [0, 0.05) is 50.9 Å². The van der Waals surface area contributed by atoms with E-state index in [0.717, 1.165) is 53.1 Å². The fraction of sp³-hybridized carbons (Fsp3) is 0.440. The Labute approximate surface area is 205 Å². The summed E-state index contributed by atoms with van der Waals surface area (Å²) in [6.07, 6.45) is -2.82. The van der Waals surface area contributed by atoms with E-state index in [1.807, 2.05) is 28.0 Å². The summed E-state index contributed by atoms with van der Waals surface area (Å²) < 4.78 is 45.5. The van der Waals surface area contributed by atoms with Crippen LogP contribution < -0.4 is 14.5 Å². The average molecular weight is 505 g/mol. The molecule has 0 spiro atoms. The molecule has 0 bridgehead atoms. The molecule has 0 atom stereocenters. The maximum atomic E-state index is 13.1. The molecule has 2 aliphatic rings. The Kier molecular flexibility index (Phi) is 6.48. The maximum absolute atomic E-state index is 13.1. The van der Waals surface area contributed by atoms with Crippen LogP contribution in [0.2, 0.25) is 0 Å². The standard InChI is InChI=1S/C25H27F3N4O2S/c1-34-20-5-6-21-22(16-20)35-24(29-21)32-9-7-17(8-10-32)23(33)31-13-11-30(12-14-31)19-4-2-3-18(15-19)25(26,27)28/h2-6,15-17H,7-14H2,1H3. The average Bonchev–Trinajstić information content (AvgIpc) is 3.31. The van der Waals surface area contributed by atoms with Gasteiger partial charge in [0.15, 0.2) is 5.13 Å². The molecule has 1 aromatic heterocycles. The Balaban J connectivity index is 1.15. The van der Waals surface area contributed by atoms with Crippen LogP contribution in [0.3, 0.4) is 0 Å². The van der Waals surface area contributed by atoms with E-state index in [1.165, 1.54) is 12.1 Å². The molecule has 2 saturated heterocycles. The molecule has 0 N–H and O–H groups in total. The number of hydrogen-bond donors (Lipinski definition) is 0. The zero-order chi connectivity index (χ0) is 24.6. The lowest BCUT2D eigenvalue weighted by atomic mass is 9.95. The number of amides is 1. The van der Waals surface area contributed by atoms with Gasteiger partial charge in [-0.25, -0.2) is 4.98 Å². The number of hydrogen-bond acceptors (Lipinski definition) is 6. The number of halogens is 3. The second kappa shape index (κ2) is 9.56. The van der Waals surface area contributed by atoms with E-state index in [9.17, 15) is 18.0 Å². The number of thiazole rings is 1. The number of carbonyl (C=O) groups excluding carboxylic acids is 1. The second-order valence-corrected chi connectivity index (χ2v) is 9.96. The molecule has 0 saturated carbocycles. The molecular formula is C25H27F3N4O2S. The van der Waals surface area contributed by atoms with Crippen molar-refractivity contribution in [3.8, 4) is 5.75 Å². The lowest BCUT2D eigenvalue weighted by Gasteiger charge is -2.39. The van der Waals surface area contributed by atoms with E-state index in [0.29, 0.717) is 31.9 Å². The Morgan fingerprint density at radius 2 is 1.74 bits per heavy atom. The fourth-order valence-corrected chi connectivity index (χ4v) is 5.84. The summed E-state index contributed by atoms with van der Waals surface area (Å²) in [5.74, 6) is 0.938. The molecule has 6 nitrogen and oxygen atoms in total. The van der Waals surface area contributed by atoms with Crippen LogP contribution in [0.15, 0.2) is 42.5 Å². The van der Waals surface area contributed by atoms with E-state index < -0.39 is 11.7 Å². The molecule has 0 radical (unpaired) electrons. The number of rotatable bonds is 4. The van der Waals surface area contributed by atoms with Gasteiger partial charge in [-0.3, -0.25) is 4.79 Å². The summed E-state index contributed by atoms with van der Waals surface area (Å²) in [5.41, 5.74) is 0.851. The summed E-state index contributed by atoms with van der Waals surface area (Å²) in [6, 6.07) is 11.3. The summed E-state index contributed by atoms with van der Waals surface area (Å²) in [5, 5.41) is 0.967. The van der Waals surface area contributed by atoms with Crippen LogP contribution in [0.4, 0.5) is 24.0 Å². The van der Waals surface area contributed by atoms with E-state index in [2.05, 4.69) is 4.90 Å². The normalized spacial score (nSPS) is 17.8. The highest BCUT2D eigenvalue weighted by atomic mass is 32.1. The van der Waals surface area contributed by atoms with Gasteiger partial charge >= 0.3 is 6.18 Å². The molecule has 5 rings (SSSR count). The van der Waals surface area contributed by atoms with Crippen molar-refractivity contribution in [2.24, 2.45) is 5.92 Å². The summed E-state index contributed by atoms with van der Waals surface area (Å²) >= 11 is 1.64. The molecule has 0 aliphatic carbocycles. The van der Waals surface area contributed by atoms with Crippen LogP contribution >= 0.6 is 11.3 Å². The van der Waals surface area contributed by atoms with Crippen molar-refractivity contribution in [1.29, 1.82) is 0 Å². The summed E-state index contributed by atoms with van der Waals surface area (Å²) in [7, 11) is 1.65. The third-order valence-corrected chi connectivity index (χ3v) is 7.91. The van der Waals surface area contributed by atoms with Crippen molar-refractivity contribution in [1.82, 2.24) is 9.88 Å². The van der Waals surface area contributed by atoms with Gasteiger partial charge in [0.2, 0.25) is 5.91 Å². The van der Waals surface area contributed by atoms with Crippen LogP contribution in [0.25, 0.3) is 10.2 Å². The molecule has 2 aliphatic heterocycles. The molecule has 2 aromatic carbocycles. The monoisotopic (exact) mass is 504 g/mol. The number of alkyl halides is 3. The first-order chi connectivity index (χ1) is 16.8. The van der Waals surface area contributed by atoms with Crippen LogP contribution in [-0.4, -0.2) is 62.2 Å². The van der Waals surface area contributed by atoms with Gasteiger partial charge in [0.05, 0.1) is 22.9 Å². The number of piperazine rings is 1. The van der Waals surface area contributed by atoms with Gasteiger partial charge in [-0.1, -0.05) is 17.4 Å². The molecule has 1 amide bonds. The predicted molar refractivity (Wildman–Crippen MR) is 131 cm³/mol. The largest absolute Gasteiger partial charge is 0.497 e. The third-order valence-electron chi connectivity index (χ3n) is 6.83. The molecule has 3 aromatic rings. The quantitative estimate of drug-likeness (QED) is 0.507. The van der Waals surface area contributed by atoms with E-state index in [-0.39, 0.29) is 11.8 Å². The van der Waals surface area contributed by atoms with Crippen LogP contribution in [-0.2, 0) is 11.0 Å². The molecule has 186 valence electrons. The van der Waals surface area contributed by atoms with Gasteiger partial charge in [-0.15, -0.1) is 0 Å². The molecular weight excluding hydrogens is 477 g/mol. The predicted octanol–water partition coefficient (Wildman–Crippen LogP) is 4.89. The minimum absolute atomic E-state index is 0.0270. The number of fused-ring (bicyclic) bond motifs is 1. The molecule has 3 heterocycles. The second-order valence-electron chi connectivity index (χ2n) is 8.95. The fourth-order valence-electron chi connectivity index (χ4n) is 4.79. The maximum Gasteiger partial charge on any atom is 0.416 e. The number of anilines is 2. The highest BCUT2D eigenvalue weighted by molar-refractivity contribution is 7.22. The number of ether oxygens (including phenoxy) is 1. The Bertz CT molecular complexity index is 1200. The van der Waals surface area contributed by atoms with Crippen molar-refractivity contribution < 1.29 is 22.7 Å². The van der Waals surface area contributed by atoms with E-state index in [1.54, 1.807) is 24.5 Å². The minimum atomic E-state index is -4.36. The SMILES string of the molecule is COc1ccc2nc(N3CCC(C(=O)N4CCN(c5cccc(C(F)(F)F)c5)CC4)CC3)sc2c1. The smallest absolute Gasteiger partial charge is 0.416 e.